The third-order valence-corrected chi connectivity index (χ3v) is 9.31. The monoisotopic (exact) mass is 668 g/mol. The van der Waals surface area contributed by atoms with Gasteiger partial charge in [0.2, 0.25) is 5.95 Å². The van der Waals surface area contributed by atoms with E-state index in [1.807, 2.05) is 19.0 Å². The molecule has 3 atom stereocenters. The lowest BCUT2D eigenvalue weighted by atomic mass is 9.97. The van der Waals surface area contributed by atoms with Crippen molar-refractivity contribution >= 4 is 57.9 Å². The molecule has 1 amide bonds. The number of rotatable bonds is 7. The molecule has 0 radical (unpaired) electrons. The summed E-state index contributed by atoms with van der Waals surface area (Å²) in [6, 6.07) is 11.5. The Hall–Kier alpha value is -3.19. The third-order valence-electron chi connectivity index (χ3n) is 8.70. The maximum atomic E-state index is 13.5. The van der Waals surface area contributed by atoms with Crippen molar-refractivity contribution in [3.63, 3.8) is 0 Å². The zero-order valence-corrected chi connectivity index (χ0v) is 28.7. The smallest absolute Gasteiger partial charge is 0.265 e. The second kappa shape index (κ2) is 13.1. The predicted molar refractivity (Wildman–Crippen MR) is 184 cm³/mol. The number of fused-ring (bicyclic) bond motifs is 1. The summed E-state index contributed by atoms with van der Waals surface area (Å²) >= 11 is 12.9. The maximum absolute atomic E-state index is 13.5. The van der Waals surface area contributed by atoms with E-state index in [0.29, 0.717) is 46.2 Å². The van der Waals surface area contributed by atoms with Gasteiger partial charge in [-0.3, -0.25) is 14.6 Å². The Balaban J connectivity index is 1.27. The van der Waals surface area contributed by atoms with Gasteiger partial charge in [-0.15, -0.1) is 0 Å². The number of anilines is 5. The van der Waals surface area contributed by atoms with Crippen molar-refractivity contribution in [2.24, 2.45) is 0 Å². The lowest BCUT2D eigenvalue weighted by molar-refractivity contribution is -0.143. The molecule has 246 valence electrons. The molecule has 2 fully saturated rings. The van der Waals surface area contributed by atoms with Gasteiger partial charge in [0, 0.05) is 50.8 Å². The molecule has 2 aromatic carbocycles. The maximum Gasteiger partial charge on any atom is 0.265 e. The van der Waals surface area contributed by atoms with Crippen LogP contribution in [0.2, 0.25) is 10.0 Å². The highest BCUT2D eigenvalue weighted by Gasteiger charge is 2.45. The minimum absolute atomic E-state index is 0.0433. The van der Waals surface area contributed by atoms with Gasteiger partial charge in [-0.05, 0) is 70.6 Å². The summed E-state index contributed by atoms with van der Waals surface area (Å²) in [7, 11) is 3.82. The summed E-state index contributed by atoms with van der Waals surface area (Å²) in [4.78, 5) is 31.2. The first-order chi connectivity index (χ1) is 22.0. The molecule has 0 saturated carbocycles. The molecule has 13 heteroatoms. The van der Waals surface area contributed by atoms with Crippen molar-refractivity contribution in [1.82, 2.24) is 20.2 Å². The van der Waals surface area contributed by atoms with E-state index < -0.39 is 0 Å². The van der Waals surface area contributed by atoms with Gasteiger partial charge in [0.05, 0.1) is 46.8 Å². The van der Waals surface area contributed by atoms with Crippen LogP contribution in [0.1, 0.15) is 43.6 Å². The molecule has 1 aromatic heterocycles. The summed E-state index contributed by atoms with van der Waals surface area (Å²) in [5, 5.41) is 7.51. The van der Waals surface area contributed by atoms with Crippen LogP contribution >= 0.6 is 23.2 Å². The van der Waals surface area contributed by atoms with E-state index in [-0.39, 0.29) is 36.6 Å². The molecule has 3 aliphatic rings. The van der Waals surface area contributed by atoms with Gasteiger partial charge in [0.15, 0.2) is 0 Å². The normalized spacial score (nSPS) is 23.4. The van der Waals surface area contributed by atoms with E-state index in [1.165, 1.54) is 0 Å². The van der Waals surface area contributed by atoms with Crippen molar-refractivity contribution < 1.29 is 14.3 Å². The minimum atomic E-state index is -0.379. The number of benzene rings is 2. The SMILES string of the molecule is CNCc1cc(Nc2ncc3c(n2)N(C)CN(c2c(Cl)cccc2Cl)C3=O)ccc1N1CCOC(C)(C)C1N1C[C@@H](C)O[C@@H](C)C1. The van der Waals surface area contributed by atoms with E-state index in [4.69, 9.17) is 37.7 Å². The standard InChI is InChI=1S/C33H42Cl2N8O3/c1-20-17-41(18-21(2)46-20)31-33(3,4)45-13-12-42(31)27-11-10-23(14-22(27)15-36-5)38-32-37-16-24-29(39-32)40(6)19-43(30(24)44)28-25(34)8-7-9-26(28)35/h7-11,14,16,20-21,31,36H,12-13,15,17-19H2,1-6H3,(H,37,38,39)/t20-,21+,31?. The van der Waals surface area contributed by atoms with Crippen molar-refractivity contribution in [2.45, 2.75) is 58.2 Å². The van der Waals surface area contributed by atoms with Gasteiger partial charge in [-0.2, -0.15) is 4.98 Å². The molecular formula is C33H42Cl2N8O3. The molecule has 0 bridgehead atoms. The molecular weight excluding hydrogens is 627 g/mol. The predicted octanol–water partition coefficient (Wildman–Crippen LogP) is 5.35. The molecule has 0 aliphatic carbocycles. The van der Waals surface area contributed by atoms with Crippen LogP contribution in [0.3, 0.4) is 0 Å². The Morgan fingerprint density at radius 2 is 1.80 bits per heavy atom. The fourth-order valence-electron chi connectivity index (χ4n) is 6.97. The molecule has 0 spiro atoms. The molecule has 3 aliphatic heterocycles. The Morgan fingerprint density at radius 1 is 1.09 bits per heavy atom. The van der Waals surface area contributed by atoms with Crippen molar-refractivity contribution in [3.05, 3.63) is 63.8 Å². The number of morpholine rings is 2. The molecule has 6 rings (SSSR count). The van der Waals surface area contributed by atoms with Gasteiger partial charge >= 0.3 is 0 Å². The molecule has 3 aromatic rings. The average Bonchev–Trinajstić information content (AvgIpc) is 2.99. The van der Waals surface area contributed by atoms with Gasteiger partial charge in [0.25, 0.3) is 5.91 Å². The van der Waals surface area contributed by atoms with Crippen molar-refractivity contribution in [2.75, 3.05) is 67.0 Å². The van der Waals surface area contributed by atoms with Crippen LogP contribution in [0.4, 0.5) is 28.8 Å². The van der Waals surface area contributed by atoms with Crippen LogP contribution in [-0.2, 0) is 16.0 Å². The summed E-state index contributed by atoms with van der Waals surface area (Å²) in [6.45, 7) is 12.7. The second-order valence-electron chi connectivity index (χ2n) is 12.8. The lowest BCUT2D eigenvalue weighted by Crippen LogP contribution is -2.67. The zero-order chi connectivity index (χ0) is 32.7. The topological polar surface area (TPSA) is 98.3 Å². The number of halogens is 2. The highest BCUT2D eigenvalue weighted by Crippen LogP contribution is 2.39. The van der Waals surface area contributed by atoms with Crippen LogP contribution in [-0.4, -0.2) is 91.8 Å². The molecule has 4 heterocycles. The molecule has 46 heavy (non-hydrogen) atoms. The van der Waals surface area contributed by atoms with Gasteiger partial charge in [0.1, 0.15) is 17.5 Å². The number of nitrogens with zero attached hydrogens (tertiary/aromatic N) is 6. The Bertz CT molecular complexity index is 1580. The first-order valence-electron chi connectivity index (χ1n) is 15.7. The fraction of sp³-hybridized carbons (Fsp3) is 0.485. The van der Waals surface area contributed by atoms with Crippen LogP contribution in [0.15, 0.2) is 42.6 Å². The molecule has 11 nitrogen and oxygen atoms in total. The van der Waals surface area contributed by atoms with Crippen LogP contribution in [0, 0.1) is 0 Å². The van der Waals surface area contributed by atoms with E-state index in [0.717, 1.165) is 36.6 Å². The van der Waals surface area contributed by atoms with E-state index in [9.17, 15) is 4.79 Å². The molecule has 2 saturated heterocycles. The van der Waals surface area contributed by atoms with Gasteiger partial charge in [-0.1, -0.05) is 29.3 Å². The number of para-hydroxylation sites is 1. The van der Waals surface area contributed by atoms with Crippen LogP contribution < -0.4 is 25.3 Å². The average molecular weight is 670 g/mol. The lowest BCUT2D eigenvalue weighted by Gasteiger charge is -2.54. The van der Waals surface area contributed by atoms with Crippen LogP contribution in [0.25, 0.3) is 0 Å². The third kappa shape index (κ3) is 6.36. The van der Waals surface area contributed by atoms with Crippen LogP contribution in [0.5, 0.6) is 0 Å². The summed E-state index contributed by atoms with van der Waals surface area (Å²) in [5.41, 5.74) is 3.60. The van der Waals surface area contributed by atoms with Crippen molar-refractivity contribution in [1.29, 1.82) is 0 Å². The summed E-state index contributed by atoms with van der Waals surface area (Å²) < 4.78 is 12.4. The minimum Gasteiger partial charge on any atom is -0.373 e. The van der Waals surface area contributed by atoms with E-state index in [1.54, 1.807) is 29.3 Å². The Morgan fingerprint density at radius 3 is 2.50 bits per heavy atom. The largest absolute Gasteiger partial charge is 0.373 e. The quantitative estimate of drug-likeness (QED) is 0.343. The number of hydrogen-bond donors (Lipinski definition) is 2. The fourth-order valence-corrected chi connectivity index (χ4v) is 7.57. The summed E-state index contributed by atoms with van der Waals surface area (Å²) in [5.74, 6) is 0.663. The molecule has 1 unspecified atom stereocenters. The zero-order valence-electron chi connectivity index (χ0n) is 27.2. The number of carbonyl (C=O) groups excluding carboxylic acids is 1. The van der Waals surface area contributed by atoms with E-state index >= 15 is 0 Å². The molecule has 2 N–H and O–H groups in total. The number of aromatic nitrogens is 2. The number of carbonyl (C=O) groups is 1. The van der Waals surface area contributed by atoms with Crippen molar-refractivity contribution in [3.8, 4) is 0 Å². The van der Waals surface area contributed by atoms with Gasteiger partial charge in [-0.25, -0.2) is 4.98 Å². The van der Waals surface area contributed by atoms with Gasteiger partial charge < -0.3 is 29.9 Å². The Kier molecular flexibility index (Phi) is 9.35. The number of amides is 1. The second-order valence-corrected chi connectivity index (χ2v) is 13.6. The Labute approximate surface area is 280 Å². The first-order valence-corrected chi connectivity index (χ1v) is 16.4. The first kappa shape index (κ1) is 32.7. The number of ether oxygens (including phenoxy) is 2. The highest BCUT2D eigenvalue weighted by atomic mass is 35.5. The number of nitrogens with one attached hydrogen (secondary N) is 2. The highest BCUT2D eigenvalue weighted by molar-refractivity contribution is 6.40. The van der Waals surface area contributed by atoms with E-state index in [2.05, 4.69) is 71.3 Å². The summed E-state index contributed by atoms with van der Waals surface area (Å²) in [6.07, 6.45) is 1.89. The number of hydrogen-bond acceptors (Lipinski definition) is 10.